The lowest BCUT2D eigenvalue weighted by molar-refractivity contribution is 0.253. The molecule has 0 atom stereocenters. The maximum atomic E-state index is 13.4. The lowest BCUT2D eigenvalue weighted by Gasteiger charge is -2.03. The van der Waals surface area contributed by atoms with Crippen LogP contribution >= 0.6 is 11.6 Å². The molecule has 0 fully saturated rings. The molecule has 1 heterocycles. The molecular weight excluding hydrogens is 293 g/mol. The molecule has 0 saturated heterocycles. The van der Waals surface area contributed by atoms with Crippen molar-refractivity contribution in [2.45, 2.75) is 6.61 Å². The van der Waals surface area contributed by atoms with E-state index in [4.69, 9.17) is 20.8 Å². The van der Waals surface area contributed by atoms with Crippen LogP contribution in [0, 0.1) is 5.82 Å². The maximum Gasteiger partial charge on any atom is 0.232 e. The third kappa shape index (κ3) is 3.23. The molecule has 3 rings (SSSR count). The smallest absolute Gasteiger partial charge is 0.232 e. The van der Waals surface area contributed by atoms with E-state index < -0.39 is 5.82 Å². The second-order valence-corrected chi connectivity index (χ2v) is 4.78. The topological polar surface area (TPSA) is 35.3 Å². The summed E-state index contributed by atoms with van der Waals surface area (Å²) in [5.74, 6) is 0.743. The first kappa shape index (κ1) is 13.6. The Morgan fingerprint density at radius 3 is 2.62 bits per heavy atom. The second kappa shape index (κ2) is 5.97. The average molecular weight is 304 g/mol. The fraction of sp³-hybridized carbons (Fsp3) is 0.0625. The van der Waals surface area contributed by atoms with Gasteiger partial charge in [0.15, 0.2) is 23.9 Å². The first-order valence-electron chi connectivity index (χ1n) is 6.30. The van der Waals surface area contributed by atoms with Crippen molar-refractivity contribution in [3.8, 4) is 17.1 Å². The van der Waals surface area contributed by atoms with Crippen LogP contribution in [0.5, 0.6) is 5.75 Å². The fourth-order valence-electron chi connectivity index (χ4n) is 1.83. The molecular formula is C16H11ClFNO2. The zero-order valence-corrected chi connectivity index (χ0v) is 11.7. The Hall–Kier alpha value is -2.33. The largest absolute Gasteiger partial charge is 0.481 e. The monoisotopic (exact) mass is 303 g/mol. The van der Waals surface area contributed by atoms with Gasteiger partial charge in [0.05, 0.1) is 6.20 Å². The Labute approximate surface area is 126 Å². The van der Waals surface area contributed by atoms with Gasteiger partial charge in [-0.1, -0.05) is 23.7 Å². The number of hydrogen-bond donors (Lipinski definition) is 0. The predicted molar refractivity (Wildman–Crippen MR) is 77.7 cm³/mol. The molecule has 0 N–H and O–H groups in total. The van der Waals surface area contributed by atoms with E-state index in [1.54, 1.807) is 36.5 Å². The third-order valence-corrected chi connectivity index (χ3v) is 3.12. The number of hydrogen-bond acceptors (Lipinski definition) is 3. The molecule has 0 unspecified atom stereocenters. The number of aromatic nitrogens is 1. The van der Waals surface area contributed by atoms with Gasteiger partial charge in [0, 0.05) is 10.6 Å². The van der Waals surface area contributed by atoms with E-state index in [9.17, 15) is 4.39 Å². The van der Waals surface area contributed by atoms with Crippen LogP contribution in [0.3, 0.4) is 0 Å². The number of para-hydroxylation sites is 1. The summed E-state index contributed by atoms with van der Waals surface area (Å²) in [4.78, 5) is 4.11. The van der Waals surface area contributed by atoms with Gasteiger partial charge in [-0.25, -0.2) is 9.37 Å². The van der Waals surface area contributed by atoms with Crippen LogP contribution in [0.15, 0.2) is 59.1 Å². The first-order valence-corrected chi connectivity index (χ1v) is 6.68. The molecule has 0 spiro atoms. The first-order chi connectivity index (χ1) is 10.2. The maximum absolute atomic E-state index is 13.4. The van der Waals surface area contributed by atoms with Crippen LogP contribution in [-0.4, -0.2) is 4.98 Å². The normalized spacial score (nSPS) is 10.6. The summed E-state index contributed by atoms with van der Waals surface area (Å²) < 4.78 is 24.3. The SMILES string of the molecule is Fc1ccccc1OCc1ncc(-c2ccc(Cl)cc2)o1. The van der Waals surface area contributed by atoms with Crippen LogP contribution in [0.25, 0.3) is 11.3 Å². The van der Waals surface area contributed by atoms with Crippen LogP contribution in [0.4, 0.5) is 4.39 Å². The van der Waals surface area contributed by atoms with Gasteiger partial charge >= 0.3 is 0 Å². The highest BCUT2D eigenvalue weighted by Gasteiger charge is 2.08. The summed E-state index contributed by atoms with van der Waals surface area (Å²) in [7, 11) is 0. The van der Waals surface area contributed by atoms with Crippen molar-refractivity contribution in [2.24, 2.45) is 0 Å². The van der Waals surface area contributed by atoms with Crippen LogP contribution in [0.2, 0.25) is 5.02 Å². The van der Waals surface area contributed by atoms with Gasteiger partial charge in [0.1, 0.15) is 0 Å². The minimum atomic E-state index is -0.415. The highest BCUT2D eigenvalue weighted by molar-refractivity contribution is 6.30. The number of rotatable bonds is 4. The van der Waals surface area contributed by atoms with Crippen molar-refractivity contribution in [3.63, 3.8) is 0 Å². The van der Waals surface area contributed by atoms with E-state index >= 15 is 0 Å². The van der Waals surface area contributed by atoms with Gasteiger partial charge < -0.3 is 9.15 Å². The molecule has 3 nitrogen and oxygen atoms in total. The zero-order valence-electron chi connectivity index (χ0n) is 10.9. The van der Waals surface area contributed by atoms with Crippen molar-refractivity contribution in [3.05, 3.63) is 71.5 Å². The zero-order chi connectivity index (χ0) is 14.7. The molecule has 1 aromatic heterocycles. The Balaban J connectivity index is 1.71. The molecule has 106 valence electrons. The third-order valence-electron chi connectivity index (χ3n) is 2.87. The van der Waals surface area contributed by atoms with Crippen LogP contribution in [0.1, 0.15) is 5.89 Å². The Bertz CT molecular complexity index is 740. The summed E-state index contributed by atoms with van der Waals surface area (Å²) in [5.41, 5.74) is 0.865. The standard InChI is InChI=1S/C16H11ClFNO2/c17-12-7-5-11(6-8-12)15-9-19-16(21-15)10-20-14-4-2-1-3-13(14)18/h1-9H,10H2. The molecule has 0 amide bonds. The van der Waals surface area contributed by atoms with Gasteiger partial charge in [-0.15, -0.1) is 0 Å². The highest BCUT2D eigenvalue weighted by atomic mass is 35.5. The number of halogens is 2. The molecule has 5 heteroatoms. The summed E-state index contributed by atoms with van der Waals surface area (Å²) >= 11 is 5.83. The quantitative estimate of drug-likeness (QED) is 0.700. The fourth-order valence-corrected chi connectivity index (χ4v) is 1.95. The van der Waals surface area contributed by atoms with E-state index in [0.29, 0.717) is 16.7 Å². The number of ether oxygens (including phenoxy) is 1. The van der Waals surface area contributed by atoms with Gasteiger partial charge in [0.25, 0.3) is 0 Å². The van der Waals surface area contributed by atoms with E-state index in [0.717, 1.165) is 5.56 Å². The molecule has 0 aliphatic rings. The predicted octanol–water partition coefficient (Wildman–Crippen LogP) is 4.71. The lowest BCUT2D eigenvalue weighted by Crippen LogP contribution is -1.97. The number of benzene rings is 2. The van der Waals surface area contributed by atoms with Gasteiger partial charge in [0.2, 0.25) is 5.89 Å². The Kier molecular flexibility index (Phi) is 3.88. The minimum Gasteiger partial charge on any atom is -0.481 e. The van der Waals surface area contributed by atoms with E-state index in [2.05, 4.69) is 4.98 Å². The van der Waals surface area contributed by atoms with Crippen molar-refractivity contribution < 1.29 is 13.5 Å². The van der Waals surface area contributed by atoms with Crippen molar-refractivity contribution >= 4 is 11.6 Å². The Morgan fingerprint density at radius 1 is 1.10 bits per heavy atom. The lowest BCUT2D eigenvalue weighted by atomic mass is 10.2. The highest BCUT2D eigenvalue weighted by Crippen LogP contribution is 2.23. The summed E-state index contributed by atoms with van der Waals surface area (Å²) in [6.07, 6.45) is 1.60. The number of nitrogens with zero attached hydrogens (tertiary/aromatic N) is 1. The van der Waals surface area contributed by atoms with Gasteiger partial charge in [-0.3, -0.25) is 0 Å². The van der Waals surface area contributed by atoms with E-state index in [-0.39, 0.29) is 12.4 Å². The van der Waals surface area contributed by atoms with Crippen LogP contribution < -0.4 is 4.74 Å². The molecule has 21 heavy (non-hydrogen) atoms. The van der Waals surface area contributed by atoms with Crippen molar-refractivity contribution in [1.82, 2.24) is 4.98 Å². The number of oxazole rings is 1. The molecule has 3 aromatic rings. The molecule has 0 aliphatic carbocycles. The van der Waals surface area contributed by atoms with Crippen molar-refractivity contribution in [2.75, 3.05) is 0 Å². The molecule has 0 bridgehead atoms. The molecule has 2 aromatic carbocycles. The average Bonchev–Trinajstić information content (AvgIpc) is 2.96. The van der Waals surface area contributed by atoms with Crippen LogP contribution in [-0.2, 0) is 6.61 Å². The summed E-state index contributed by atoms with van der Waals surface area (Å²) in [6.45, 7) is 0.0640. The van der Waals surface area contributed by atoms with Gasteiger partial charge in [-0.05, 0) is 36.4 Å². The van der Waals surface area contributed by atoms with E-state index in [1.807, 2.05) is 12.1 Å². The molecule has 0 aliphatic heterocycles. The molecule has 0 saturated carbocycles. The summed E-state index contributed by atoms with van der Waals surface area (Å²) in [5, 5.41) is 0.654. The van der Waals surface area contributed by atoms with Crippen molar-refractivity contribution in [1.29, 1.82) is 0 Å². The van der Waals surface area contributed by atoms with E-state index in [1.165, 1.54) is 6.07 Å². The minimum absolute atomic E-state index is 0.0640. The summed E-state index contributed by atoms with van der Waals surface area (Å²) in [6, 6.07) is 13.4. The van der Waals surface area contributed by atoms with Gasteiger partial charge in [-0.2, -0.15) is 0 Å². The molecule has 0 radical (unpaired) electrons. The second-order valence-electron chi connectivity index (χ2n) is 4.34. The Morgan fingerprint density at radius 2 is 1.86 bits per heavy atom.